The van der Waals surface area contributed by atoms with Crippen molar-refractivity contribution in [1.82, 2.24) is 4.90 Å². The molecule has 1 aromatic rings. The molecular formula is C15H18N2O4. The van der Waals surface area contributed by atoms with E-state index in [0.717, 1.165) is 11.3 Å². The number of fused-ring (bicyclic) bond motifs is 3. The molecule has 2 amide bonds. The fraction of sp³-hybridized carbons (Fsp3) is 0.467. The molecule has 0 N–H and O–H groups in total. The van der Waals surface area contributed by atoms with E-state index in [1.54, 1.807) is 30.0 Å². The molecule has 3 rings (SSSR count). The third-order valence-electron chi connectivity index (χ3n) is 4.54. The number of anilines is 1. The molecule has 0 aliphatic carbocycles. The molecular weight excluding hydrogens is 272 g/mol. The summed E-state index contributed by atoms with van der Waals surface area (Å²) >= 11 is 0. The van der Waals surface area contributed by atoms with Crippen LogP contribution in [0.15, 0.2) is 18.2 Å². The van der Waals surface area contributed by atoms with E-state index in [-0.39, 0.29) is 12.1 Å². The molecule has 112 valence electrons. The molecule has 0 bridgehead atoms. The third-order valence-corrected chi connectivity index (χ3v) is 4.54. The maximum atomic E-state index is 12.2. The molecule has 0 aromatic heterocycles. The Balaban J connectivity index is 2.21. The first-order valence-corrected chi connectivity index (χ1v) is 6.75. The predicted molar refractivity (Wildman–Crippen MR) is 76.4 cm³/mol. The highest BCUT2D eigenvalue weighted by Crippen LogP contribution is 2.52. The number of carbonyl (C=O) groups excluding carboxylic acids is 2. The van der Waals surface area contributed by atoms with E-state index in [0.29, 0.717) is 12.2 Å². The van der Waals surface area contributed by atoms with Gasteiger partial charge in [-0.25, -0.2) is 4.79 Å². The number of amides is 2. The highest BCUT2D eigenvalue weighted by atomic mass is 16.5. The minimum Gasteiger partial charge on any atom is -0.497 e. The van der Waals surface area contributed by atoms with Crippen molar-refractivity contribution in [2.24, 2.45) is 0 Å². The van der Waals surface area contributed by atoms with E-state index in [9.17, 15) is 9.59 Å². The fourth-order valence-electron chi connectivity index (χ4n) is 3.52. The summed E-state index contributed by atoms with van der Waals surface area (Å²) in [5.74, 6) is 0.729. The van der Waals surface area contributed by atoms with Gasteiger partial charge in [-0.2, -0.15) is 0 Å². The Bertz CT molecular complexity index is 630. The summed E-state index contributed by atoms with van der Waals surface area (Å²) in [7, 11) is 4.66. The van der Waals surface area contributed by atoms with Crippen LogP contribution in [0.1, 0.15) is 18.9 Å². The van der Waals surface area contributed by atoms with Crippen molar-refractivity contribution in [3.63, 3.8) is 0 Å². The minimum absolute atomic E-state index is 0.0184. The number of methoxy groups -OCH3 is 2. The first-order valence-electron chi connectivity index (χ1n) is 6.75. The van der Waals surface area contributed by atoms with Crippen LogP contribution in [0.2, 0.25) is 0 Å². The normalized spacial score (nSPS) is 26.7. The number of likely N-dealkylation sites (N-methyl/N-ethyl adjacent to an activating group) is 1. The molecule has 2 atom stereocenters. The molecule has 2 heterocycles. The van der Waals surface area contributed by atoms with Crippen LogP contribution in [0.3, 0.4) is 0 Å². The molecule has 1 fully saturated rings. The van der Waals surface area contributed by atoms with Crippen LogP contribution in [0, 0.1) is 0 Å². The lowest BCUT2D eigenvalue weighted by Crippen LogP contribution is -2.50. The molecule has 1 aromatic carbocycles. The van der Waals surface area contributed by atoms with Gasteiger partial charge in [-0.05, 0) is 23.8 Å². The summed E-state index contributed by atoms with van der Waals surface area (Å²) in [4.78, 5) is 27.5. The van der Waals surface area contributed by atoms with Crippen LogP contribution in [-0.2, 0) is 14.9 Å². The second kappa shape index (κ2) is 4.38. The Morgan fingerprint density at radius 2 is 2.10 bits per heavy atom. The van der Waals surface area contributed by atoms with Crippen molar-refractivity contribution in [3.05, 3.63) is 23.8 Å². The average Bonchev–Trinajstić information content (AvgIpc) is 2.86. The van der Waals surface area contributed by atoms with Crippen LogP contribution in [0.25, 0.3) is 0 Å². The molecule has 2 aliphatic heterocycles. The molecule has 0 saturated carbocycles. The highest BCUT2D eigenvalue weighted by molar-refractivity contribution is 5.96. The van der Waals surface area contributed by atoms with E-state index in [1.165, 1.54) is 7.11 Å². The van der Waals surface area contributed by atoms with Gasteiger partial charge >= 0.3 is 6.09 Å². The minimum atomic E-state index is -0.461. The smallest absolute Gasteiger partial charge is 0.415 e. The SMILES string of the molecule is COC(=O)N1c2ccc(OC)cc2[C@]2(C)CC(=O)N(C)[C@H]12. The Hall–Kier alpha value is -2.24. The topological polar surface area (TPSA) is 59.1 Å². The monoisotopic (exact) mass is 290 g/mol. The summed E-state index contributed by atoms with van der Waals surface area (Å²) in [6.07, 6.45) is -0.460. The van der Waals surface area contributed by atoms with Gasteiger partial charge in [0.2, 0.25) is 5.91 Å². The lowest BCUT2D eigenvalue weighted by Gasteiger charge is -2.32. The summed E-state index contributed by atoms with van der Waals surface area (Å²) in [6, 6.07) is 5.55. The maximum Gasteiger partial charge on any atom is 0.415 e. The van der Waals surface area contributed by atoms with E-state index < -0.39 is 11.5 Å². The molecule has 6 heteroatoms. The van der Waals surface area contributed by atoms with Crippen LogP contribution in [0.4, 0.5) is 10.5 Å². The zero-order valence-corrected chi connectivity index (χ0v) is 12.5. The Morgan fingerprint density at radius 1 is 1.38 bits per heavy atom. The number of rotatable bonds is 1. The summed E-state index contributed by atoms with van der Waals surface area (Å²) in [5.41, 5.74) is 1.26. The number of likely N-dealkylation sites (tertiary alicyclic amines) is 1. The van der Waals surface area contributed by atoms with E-state index in [4.69, 9.17) is 9.47 Å². The Kier molecular flexibility index (Phi) is 2.86. The van der Waals surface area contributed by atoms with Gasteiger partial charge in [0.25, 0.3) is 0 Å². The van der Waals surface area contributed by atoms with Gasteiger partial charge in [0, 0.05) is 18.9 Å². The molecule has 6 nitrogen and oxygen atoms in total. The van der Waals surface area contributed by atoms with E-state index in [1.807, 2.05) is 19.1 Å². The lowest BCUT2D eigenvalue weighted by molar-refractivity contribution is -0.127. The zero-order valence-electron chi connectivity index (χ0n) is 12.5. The van der Waals surface area contributed by atoms with Crippen molar-refractivity contribution in [1.29, 1.82) is 0 Å². The van der Waals surface area contributed by atoms with Crippen LogP contribution >= 0.6 is 0 Å². The van der Waals surface area contributed by atoms with Gasteiger partial charge < -0.3 is 14.4 Å². The fourth-order valence-corrected chi connectivity index (χ4v) is 3.52. The average molecular weight is 290 g/mol. The van der Waals surface area contributed by atoms with Gasteiger partial charge in [0.1, 0.15) is 11.9 Å². The van der Waals surface area contributed by atoms with Crippen molar-refractivity contribution in [2.75, 3.05) is 26.2 Å². The quantitative estimate of drug-likeness (QED) is 0.790. The Morgan fingerprint density at radius 3 is 2.71 bits per heavy atom. The number of hydrogen-bond donors (Lipinski definition) is 0. The standard InChI is InChI=1S/C15H18N2O4/c1-15-8-12(18)16(2)13(15)17(14(19)21-4)11-6-5-9(20-3)7-10(11)15/h5-7,13H,8H2,1-4H3/t13-,15+/m1/s1. The highest BCUT2D eigenvalue weighted by Gasteiger charge is 2.58. The van der Waals surface area contributed by atoms with E-state index >= 15 is 0 Å². The summed E-state index contributed by atoms with van der Waals surface area (Å²) in [6.45, 7) is 2.00. The Labute approximate surface area is 123 Å². The number of hydrogen-bond acceptors (Lipinski definition) is 4. The maximum absolute atomic E-state index is 12.2. The molecule has 1 saturated heterocycles. The number of carbonyl (C=O) groups is 2. The van der Waals surface area contributed by atoms with Crippen molar-refractivity contribution < 1.29 is 19.1 Å². The van der Waals surface area contributed by atoms with Crippen LogP contribution in [-0.4, -0.2) is 44.3 Å². The van der Waals surface area contributed by atoms with Gasteiger partial charge in [-0.15, -0.1) is 0 Å². The second-order valence-electron chi connectivity index (χ2n) is 5.70. The van der Waals surface area contributed by atoms with Gasteiger partial charge in [-0.1, -0.05) is 6.92 Å². The van der Waals surface area contributed by atoms with Crippen LogP contribution < -0.4 is 9.64 Å². The molecule has 0 spiro atoms. The van der Waals surface area contributed by atoms with Crippen molar-refractivity contribution in [3.8, 4) is 5.75 Å². The predicted octanol–water partition coefficient (Wildman–Crippen LogP) is 1.73. The summed E-state index contributed by atoms with van der Waals surface area (Å²) in [5, 5.41) is 0. The molecule has 21 heavy (non-hydrogen) atoms. The first-order chi connectivity index (χ1) is 9.93. The van der Waals surface area contributed by atoms with Gasteiger partial charge in [0.15, 0.2) is 0 Å². The molecule has 2 aliphatic rings. The van der Waals surface area contributed by atoms with Crippen molar-refractivity contribution in [2.45, 2.75) is 24.9 Å². The number of nitrogens with zero attached hydrogens (tertiary/aromatic N) is 2. The third kappa shape index (κ3) is 1.65. The first kappa shape index (κ1) is 13.7. The lowest BCUT2D eigenvalue weighted by atomic mass is 9.81. The van der Waals surface area contributed by atoms with Crippen LogP contribution in [0.5, 0.6) is 5.75 Å². The second-order valence-corrected chi connectivity index (χ2v) is 5.70. The van der Waals surface area contributed by atoms with E-state index in [2.05, 4.69) is 0 Å². The molecule has 0 radical (unpaired) electrons. The number of ether oxygens (including phenoxy) is 2. The summed E-state index contributed by atoms with van der Waals surface area (Å²) < 4.78 is 10.2. The molecule has 0 unspecified atom stereocenters. The number of benzene rings is 1. The largest absolute Gasteiger partial charge is 0.497 e. The zero-order chi connectivity index (χ0) is 15.4. The van der Waals surface area contributed by atoms with Gasteiger partial charge in [0.05, 0.1) is 19.9 Å². The van der Waals surface area contributed by atoms with Crippen molar-refractivity contribution >= 4 is 17.7 Å². The van der Waals surface area contributed by atoms with Gasteiger partial charge in [-0.3, -0.25) is 9.69 Å².